The zero-order valence-electron chi connectivity index (χ0n) is 10.7. The number of Topliss-reactive ketones (excluding diaryl/α,β-unsaturated/α-hetero) is 1. The second-order valence-electron chi connectivity index (χ2n) is 4.59. The molecular weight excluding hydrogens is 242 g/mol. The van der Waals surface area contributed by atoms with E-state index in [-0.39, 0.29) is 11.7 Å². The number of carbonyl (C=O) groups excluding carboxylic acids is 2. The Morgan fingerprint density at radius 1 is 1.37 bits per heavy atom. The summed E-state index contributed by atoms with van der Waals surface area (Å²) in [5.41, 5.74) is 0.957. The molecule has 5 heteroatoms. The molecule has 0 aliphatic carbocycles. The average Bonchev–Trinajstić information content (AvgIpc) is 2.89. The molecule has 1 aromatic rings. The lowest BCUT2D eigenvalue weighted by atomic mass is 10.1. The third kappa shape index (κ3) is 3.19. The van der Waals surface area contributed by atoms with Gasteiger partial charge in [0.2, 0.25) is 5.91 Å². The van der Waals surface area contributed by atoms with Crippen molar-refractivity contribution in [1.82, 2.24) is 4.90 Å². The molecule has 2 N–H and O–H groups in total. The summed E-state index contributed by atoms with van der Waals surface area (Å²) in [6, 6.07) is 9.13. The molecule has 1 saturated heterocycles. The van der Waals surface area contributed by atoms with Crippen molar-refractivity contribution >= 4 is 17.9 Å². The van der Waals surface area contributed by atoms with Gasteiger partial charge in [0.1, 0.15) is 0 Å². The van der Waals surface area contributed by atoms with Gasteiger partial charge in [0, 0.05) is 6.54 Å². The van der Waals surface area contributed by atoms with E-state index in [4.69, 9.17) is 5.84 Å². The van der Waals surface area contributed by atoms with Gasteiger partial charge in [-0.25, -0.2) is 0 Å². The molecule has 1 amide bonds. The molecule has 0 unspecified atom stereocenters. The molecular formula is C14H17N3O2. The number of nitrogens with zero attached hydrogens (tertiary/aromatic N) is 2. The van der Waals surface area contributed by atoms with Gasteiger partial charge in [-0.3, -0.25) is 9.59 Å². The number of benzene rings is 1. The zero-order chi connectivity index (χ0) is 13.7. The fraction of sp³-hybridized carbons (Fsp3) is 0.357. The van der Waals surface area contributed by atoms with Gasteiger partial charge in [0.05, 0.1) is 18.7 Å². The van der Waals surface area contributed by atoms with Crippen LogP contribution in [-0.2, 0) is 16.0 Å². The van der Waals surface area contributed by atoms with Crippen LogP contribution in [0.1, 0.15) is 18.4 Å². The van der Waals surface area contributed by atoms with Crippen LogP contribution in [0, 0.1) is 0 Å². The minimum atomic E-state index is -0.400. The Bertz CT molecular complexity index is 485. The van der Waals surface area contributed by atoms with Crippen molar-refractivity contribution in [3.63, 3.8) is 0 Å². The number of hydrogen-bond acceptors (Lipinski definition) is 4. The standard InChI is InChI=1S/C14H17N3O2/c15-16-10-13(18)12-7-4-8-17(12)14(19)9-11-5-2-1-3-6-11/h1-3,5-6,10,12H,4,7-9,15H2/t12-/m0/s1. The Balaban J connectivity index is 2.04. The van der Waals surface area contributed by atoms with Crippen LogP contribution in [0.2, 0.25) is 0 Å². The van der Waals surface area contributed by atoms with Crippen LogP contribution >= 0.6 is 0 Å². The Morgan fingerprint density at radius 2 is 2.11 bits per heavy atom. The van der Waals surface area contributed by atoms with Crippen LogP contribution in [0.15, 0.2) is 35.4 Å². The van der Waals surface area contributed by atoms with Crippen molar-refractivity contribution in [3.8, 4) is 0 Å². The van der Waals surface area contributed by atoms with Crippen LogP contribution in [-0.4, -0.2) is 35.4 Å². The van der Waals surface area contributed by atoms with E-state index in [1.165, 1.54) is 0 Å². The second kappa shape index (κ2) is 6.13. The van der Waals surface area contributed by atoms with Gasteiger partial charge in [-0.1, -0.05) is 30.3 Å². The molecule has 0 spiro atoms. The van der Waals surface area contributed by atoms with Crippen LogP contribution in [0.3, 0.4) is 0 Å². The first-order valence-electron chi connectivity index (χ1n) is 6.33. The lowest BCUT2D eigenvalue weighted by Crippen LogP contribution is -2.41. The molecule has 0 saturated carbocycles. The molecule has 0 aromatic heterocycles. The van der Waals surface area contributed by atoms with Crippen LogP contribution in [0.25, 0.3) is 0 Å². The number of carbonyl (C=O) groups is 2. The summed E-state index contributed by atoms with van der Waals surface area (Å²) in [6.45, 7) is 0.625. The van der Waals surface area contributed by atoms with E-state index in [0.29, 0.717) is 19.4 Å². The van der Waals surface area contributed by atoms with Crippen LogP contribution in [0.4, 0.5) is 0 Å². The predicted molar refractivity (Wildman–Crippen MR) is 72.6 cm³/mol. The van der Waals surface area contributed by atoms with Crippen molar-refractivity contribution in [2.45, 2.75) is 25.3 Å². The largest absolute Gasteiger partial charge is 0.332 e. The molecule has 2 rings (SSSR count). The van der Waals surface area contributed by atoms with Gasteiger partial charge in [-0.15, -0.1) is 0 Å². The SMILES string of the molecule is NN=CC(=O)[C@@H]1CCCN1C(=O)Cc1ccccc1. The van der Waals surface area contributed by atoms with Crippen LogP contribution < -0.4 is 5.84 Å². The molecule has 5 nitrogen and oxygen atoms in total. The molecule has 1 aliphatic rings. The number of ketones is 1. The van der Waals surface area contributed by atoms with Crippen LogP contribution in [0.5, 0.6) is 0 Å². The number of likely N-dealkylation sites (tertiary alicyclic amines) is 1. The molecule has 0 bridgehead atoms. The van der Waals surface area contributed by atoms with Gasteiger partial charge in [-0.2, -0.15) is 5.10 Å². The highest BCUT2D eigenvalue weighted by Crippen LogP contribution is 2.19. The lowest BCUT2D eigenvalue weighted by molar-refractivity contribution is -0.134. The molecule has 1 aromatic carbocycles. The van der Waals surface area contributed by atoms with Gasteiger partial charge < -0.3 is 10.7 Å². The van der Waals surface area contributed by atoms with E-state index < -0.39 is 6.04 Å². The summed E-state index contributed by atoms with van der Waals surface area (Å²) < 4.78 is 0. The molecule has 100 valence electrons. The quantitative estimate of drug-likeness (QED) is 0.492. The Kier molecular flexibility index (Phi) is 4.28. The van der Waals surface area contributed by atoms with E-state index in [1.54, 1.807) is 4.90 Å². The smallest absolute Gasteiger partial charge is 0.227 e. The van der Waals surface area contributed by atoms with Crippen molar-refractivity contribution in [3.05, 3.63) is 35.9 Å². The minimum absolute atomic E-state index is 0.0209. The lowest BCUT2D eigenvalue weighted by Gasteiger charge is -2.22. The first-order chi connectivity index (χ1) is 9.22. The Morgan fingerprint density at radius 3 is 2.79 bits per heavy atom. The summed E-state index contributed by atoms with van der Waals surface area (Å²) in [7, 11) is 0. The summed E-state index contributed by atoms with van der Waals surface area (Å²) in [5.74, 6) is 4.77. The third-order valence-electron chi connectivity index (χ3n) is 3.30. The monoisotopic (exact) mass is 259 g/mol. The topological polar surface area (TPSA) is 75.8 Å². The summed E-state index contributed by atoms with van der Waals surface area (Å²) in [4.78, 5) is 25.7. The minimum Gasteiger partial charge on any atom is -0.332 e. The molecule has 19 heavy (non-hydrogen) atoms. The maximum atomic E-state index is 12.2. The first-order valence-corrected chi connectivity index (χ1v) is 6.33. The maximum absolute atomic E-state index is 12.2. The van der Waals surface area contributed by atoms with E-state index in [2.05, 4.69) is 5.10 Å². The van der Waals surface area contributed by atoms with Crippen molar-refractivity contribution < 1.29 is 9.59 Å². The summed E-state index contributed by atoms with van der Waals surface area (Å²) in [5, 5.41) is 3.25. The molecule has 1 aliphatic heterocycles. The number of hydrogen-bond donors (Lipinski definition) is 1. The van der Waals surface area contributed by atoms with Crippen molar-refractivity contribution in [1.29, 1.82) is 0 Å². The Hall–Kier alpha value is -2.17. The fourth-order valence-corrected chi connectivity index (χ4v) is 2.39. The highest BCUT2D eigenvalue weighted by molar-refractivity contribution is 6.30. The van der Waals surface area contributed by atoms with Crippen molar-refractivity contribution in [2.24, 2.45) is 10.9 Å². The molecule has 1 atom stereocenters. The summed E-state index contributed by atoms with van der Waals surface area (Å²) >= 11 is 0. The average molecular weight is 259 g/mol. The Labute approximate surface area is 112 Å². The highest BCUT2D eigenvalue weighted by atomic mass is 16.2. The summed E-state index contributed by atoms with van der Waals surface area (Å²) in [6.07, 6.45) is 2.95. The highest BCUT2D eigenvalue weighted by Gasteiger charge is 2.32. The van der Waals surface area contributed by atoms with E-state index in [9.17, 15) is 9.59 Å². The van der Waals surface area contributed by atoms with Gasteiger partial charge in [0.25, 0.3) is 0 Å². The molecule has 1 heterocycles. The second-order valence-corrected chi connectivity index (χ2v) is 4.59. The molecule has 0 radical (unpaired) electrons. The number of nitrogens with two attached hydrogens (primary N) is 1. The number of rotatable bonds is 4. The van der Waals surface area contributed by atoms with E-state index in [1.807, 2.05) is 30.3 Å². The van der Waals surface area contributed by atoms with E-state index >= 15 is 0 Å². The third-order valence-corrected chi connectivity index (χ3v) is 3.30. The normalized spacial score (nSPS) is 18.9. The first kappa shape index (κ1) is 13.3. The number of hydrazone groups is 1. The fourth-order valence-electron chi connectivity index (χ4n) is 2.39. The van der Waals surface area contributed by atoms with Crippen molar-refractivity contribution in [2.75, 3.05) is 6.54 Å². The zero-order valence-corrected chi connectivity index (χ0v) is 10.7. The van der Waals surface area contributed by atoms with Gasteiger partial charge >= 0.3 is 0 Å². The number of amides is 1. The maximum Gasteiger partial charge on any atom is 0.227 e. The van der Waals surface area contributed by atoms with Gasteiger partial charge in [0.15, 0.2) is 5.78 Å². The van der Waals surface area contributed by atoms with Gasteiger partial charge in [-0.05, 0) is 18.4 Å². The van der Waals surface area contributed by atoms with E-state index in [0.717, 1.165) is 18.2 Å². The predicted octanol–water partition coefficient (Wildman–Crippen LogP) is 0.734. The molecule has 1 fully saturated rings.